The van der Waals surface area contributed by atoms with Crippen molar-refractivity contribution in [3.8, 4) is 23.0 Å². The second-order valence-electron chi connectivity index (χ2n) is 5.80. The fourth-order valence-corrected chi connectivity index (χ4v) is 2.47. The van der Waals surface area contributed by atoms with Gasteiger partial charge in [0.2, 0.25) is 5.75 Å². The van der Waals surface area contributed by atoms with E-state index in [4.69, 9.17) is 14.2 Å². The van der Waals surface area contributed by atoms with Crippen molar-refractivity contribution in [2.75, 3.05) is 13.7 Å². The predicted molar refractivity (Wildman–Crippen MR) is 94.8 cm³/mol. The summed E-state index contributed by atoms with van der Waals surface area (Å²) in [6.07, 6.45) is 2.73. The molecule has 128 valence electrons. The molecular formula is C20H24O4. The van der Waals surface area contributed by atoms with E-state index in [1.54, 1.807) is 19.2 Å². The van der Waals surface area contributed by atoms with Gasteiger partial charge in [-0.2, -0.15) is 0 Å². The minimum Gasteiger partial charge on any atom is -0.493 e. The number of aldehydes is 1. The monoisotopic (exact) mass is 328 g/mol. The van der Waals surface area contributed by atoms with Crippen molar-refractivity contribution in [1.82, 2.24) is 0 Å². The molecule has 4 heteroatoms. The summed E-state index contributed by atoms with van der Waals surface area (Å²) in [5.41, 5.74) is 2.70. The van der Waals surface area contributed by atoms with Crippen LogP contribution in [-0.2, 0) is 0 Å². The van der Waals surface area contributed by atoms with Gasteiger partial charge in [0.1, 0.15) is 12.0 Å². The Bertz CT molecular complexity index is 687. The number of unbranched alkanes of at least 4 members (excludes halogenated alkanes) is 1. The van der Waals surface area contributed by atoms with Gasteiger partial charge in [0, 0.05) is 5.56 Å². The predicted octanol–water partition coefficient (Wildman–Crippen LogP) is 5.10. The Morgan fingerprint density at radius 1 is 1.00 bits per heavy atom. The molecular weight excluding hydrogens is 304 g/mol. The molecule has 0 fully saturated rings. The fourth-order valence-electron chi connectivity index (χ4n) is 2.47. The first-order valence-corrected chi connectivity index (χ1v) is 8.13. The first-order chi connectivity index (χ1) is 11.6. The molecule has 0 saturated heterocycles. The summed E-state index contributed by atoms with van der Waals surface area (Å²) in [6.45, 7) is 6.70. The van der Waals surface area contributed by atoms with Crippen molar-refractivity contribution in [2.24, 2.45) is 0 Å². The number of methoxy groups -OCH3 is 1. The van der Waals surface area contributed by atoms with Gasteiger partial charge >= 0.3 is 0 Å². The number of benzene rings is 2. The Hall–Kier alpha value is -2.49. The highest BCUT2D eigenvalue weighted by molar-refractivity contribution is 5.78. The van der Waals surface area contributed by atoms with Crippen LogP contribution in [0.4, 0.5) is 0 Å². The van der Waals surface area contributed by atoms with Gasteiger partial charge in [0.05, 0.1) is 13.7 Å². The zero-order chi connectivity index (χ0) is 17.5. The SMILES string of the molecule is CCCCOc1c(OC)cc(C=O)cc1Oc1cc(C)cc(C)c1. The molecule has 0 heterocycles. The number of ether oxygens (including phenoxy) is 3. The zero-order valence-electron chi connectivity index (χ0n) is 14.7. The molecule has 0 aliphatic heterocycles. The van der Waals surface area contributed by atoms with Crippen molar-refractivity contribution < 1.29 is 19.0 Å². The summed E-state index contributed by atoms with van der Waals surface area (Å²) < 4.78 is 17.3. The topological polar surface area (TPSA) is 44.8 Å². The van der Waals surface area contributed by atoms with Gasteiger partial charge in [0.25, 0.3) is 0 Å². The molecule has 0 N–H and O–H groups in total. The number of rotatable bonds is 8. The average molecular weight is 328 g/mol. The molecule has 2 aromatic rings. The maximum Gasteiger partial charge on any atom is 0.204 e. The van der Waals surface area contributed by atoms with Gasteiger partial charge in [0.15, 0.2) is 11.5 Å². The summed E-state index contributed by atoms with van der Waals surface area (Å²) in [5.74, 6) is 2.21. The molecule has 0 unspecified atom stereocenters. The van der Waals surface area contributed by atoms with E-state index in [9.17, 15) is 4.79 Å². The lowest BCUT2D eigenvalue weighted by molar-refractivity contribution is 0.112. The number of carbonyl (C=O) groups is 1. The van der Waals surface area contributed by atoms with Crippen LogP contribution in [0.2, 0.25) is 0 Å². The molecule has 0 bridgehead atoms. The summed E-state index contributed by atoms with van der Waals surface area (Å²) in [5, 5.41) is 0. The number of carbonyl (C=O) groups excluding carboxylic acids is 1. The second kappa shape index (κ2) is 8.39. The maximum absolute atomic E-state index is 11.2. The van der Waals surface area contributed by atoms with Gasteiger partial charge in [-0.25, -0.2) is 0 Å². The van der Waals surface area contributed by atoms with Crippen LogP contribution in [0.5, 0.6) is 23.0 Å². The molecule has 0 spiro atoms. The van der Waals surface area contributed by atoms with E-state index in [0.717, 1.165) is 30.3 Å². The Morgan fingerprint density at radius 3 is 2.25 bits per heavy atom. The lowest BCUT2D eigenvalue weighted by Gasteiger charge is -2.16. The van der Waals surface area contributed by atoms with E-state index in [1.807, 2.05) is 26.0 Å². The first-order valence-electron chi connectivity index (χ1n) is 8.13. The van der Waals surface area contributed by atoms with Gasteiger partial charge in [-0.3, -0.25) is 4.79 Å². The van der Waals surface area contributed by atoms with E-state index in [2.05, 4.69) is 13.0 Å². The van der Waals surface area contributed by atoms with Crippen molar-refractivity contribution in [2.45, 2.75) is 33.6 Å². The van der Waals surface area contributed by atoms with Crippen LogP contribution in [0, 0.1) is 13.8 Å². The number of aryl methyl sites for hydroxylation is 2. The standard InChI is InChI=1S/C20H24O4/c1-5-6-7-23-20-18(22-4)11-16(13-21)12-19(20)24-17-9-14(2)8-15(3)10-17/h8-13H,5-7H2,1-4H3. The lowest BCUT2D eigenvalue weighted by Crippen LogP contribution is -2.02. The normalized spacial score (nSPS) is 10.3. The van der Waals surface area contributed by atoms with Crippen molar-refractivity contribution in [3.63, 3.8) is 0 Å². The van der Waals surface area contributed by atoms with Crippen LogP contribution < -0.4 is 14.2 Å². The molecule has 2 rings (SSSR count). The molecule has 0 atom stereocenters. The van der Waals surface area contributed by atoms with Gasteiger partial charge in [-0.05, 0) is 55.7 Å². The lowest BCUT2D eigenvalue weighted by atomic mass is 10.1. The zero-order valence-corrected chi connectivity index (χ0v) is 14.7. The van der Waals surface area contributed by atoms with Crippen molar-refractivity contribution >= 4 is 6.29 Å². The summed E-state index contributed by atoms with van der Waals surface area (Å²) in [7, 11) is 1.55. The Balaban J connectivity index is 2.42. The molecule has 0 amide bonds. The Kier molecular flexibility index (Phi) is 6.24. The third-order valence-corrected chi connectivity index (χ3v) is 3.57. The quantitative estimate of drug-likeness (QED) is 0.500. The highest BCUT2D eigenvalue weighted by Gasteiger charge is 2.16. The van der Waals surface area contributed by atoms with Crippen LogP contribution in [0.25, 0.3) is 0 Å². The van der Waals surface area contributed by atoms with Crippen LogP contribution in [0.3, 0.4) is 0 Å². The fraction of sp³-hybridized carbons (Fsp3) is 0.350. The van der Waals surface area contributed by atoms with E-state index in [1.165, 1.54) is 0 Å². The molecule has 4 nitrogen and oxygen atoms in total. The van der Waals surface area contributed by atoms with Crippen LogP contribution in [-0.4, -0.2) is 20.0 Å². The minimum atomic E-state index is 0.481. The van der Waals surface area contributed by atoms with Crippen LogP contribution in [0.1, 0.15) is 41.3 Å². The molecule has 2 aromatic carbocycles. The minimum absolute atomic E-state index is 0.481. The van der Waals surface area contributed by atoms with Gasteiger partial charge in [-0.15, -0.1) is 0 Å². The van der Waals surface area contributed by atoms with Gasteiger partial charge in [-0.1, -0.05) is 19.4 Å². The second-order valence-corrected chi connectivity index (χ2v) is 5.80. The molecule has 24 heavy (non-hydrogen) atoms. The van der Waals surface area contributed by atoms with E-state index in [-0.39, 0.29) is 0 Å². The molecule has 0 radical (unpaired) electrons. The van der Waals surface area contributed by atoms with Crippen molar-refractivity contribution in [3.05, 3.63) is 47.0 Å². The Labute approximate surface area is 143 Å². The highest BCUT2D eigenvalue weighted by Crippen LogP contribution is 2.41. The van der Waals surface area contributed by atoms with Crippen LogP contribution in [0.15, 0.2) is 30.3 Å². The summed E-state index contributed by atoms with van der Waals surface area (Å²) >= 11 is 0. The molecule has 0 aromatic heterocycles. The van der Waals surface area contributed by atoms with Gasteiger partial charge < -0.3 is 14.2 Å². The number of hydrogen-bond donors (Lipinski definition) is 0. The smallest absolute Gasteiger partial charge is 0.204 e. The van der Waals surface area contributed by atoms with E-state index >= 15 is 0 Å². The number of hydrogen-bond acceptors (Lipinski definition) is 4. The van der Waals surface area contributed by atoms with E-state index < -0.39 is 0 Å². The molecule has 0 saturated carbocycles. The van der Waals surface area contributed by atoms with Crippen LogP contribution >= 0.6 is 0 Å². The summed E-state index contributed by atoms with van der Waals surface area (Å²) in [6, 6.07) is 9.30. The highest BCUT2D eigenvalue weighted by atomic mass is 16.5. The maximum atomic E-state index is 11.2. The van der Waals surface area contributed by atoms with Crippen molar-refractivity contribution in [1.29, 1.82) is 0 Å². The third-order valence-electron chi connectivity index (χ3n) is 3.57. The third kappa shape index (κ3) is 4.51. The molecule has 0 aliphatic carbocycles. The summed E-state index contributed by atoms with van der Waals surface area (Å²) in [4.78, 5) is 11.2. The average Bonchev–Trinajstić information content (AvgIpc) is 2.54. The molecule has 0 aliphatic rings. The largest absolute Gasteiger partial charge is 0.493 e. The van der Waals surface area contributed by atoms with E-state index in [0.29, 0.717) is 35.2 Å². The first kappa shape index (κ1) is 17.9. The Morgan fingerprint density at radius 2 is 1.67 bits per heavy atom.